The minimum Gasteiger partial charge on any atom is -0.271 e. The molecule has 3 N–H and O–H groups in total. The Morgan fingerprint density at radius 3 is 2.61 bits per heavy atom. The summed E-state index contributed by atoms with van der Waals surface area (Å²) in [7, 11) is 0. The fraction of sp³-hybridized carbons (Fsp3) is 0.231. The summed E-state index contributed by atoms with van der Waals surface area (Å²) in [5.41, 5.74) is 5.41. The first-order valence-electron chi connectivity index (χ1n) is 5.62. The predicted molar refractivity (Wildman–Crippen MR) is 67.1 cm³/mol. The van der Waals surface area contributed by atoms with E-state index < -0.39 is 6.04 Å². The molecule has 1 aromatic heterocycles. The van der Waals surface area contributed by atoms with Crippen molar-refractivity contribution in [1.82, 2.24) is 15.4 Å². The zero-order valence-corrected chi connectivity index (χ0v) is 10.3. The topological polar surface area (TPSA) is 63.8 Å². The van der Waals surface area contributed by atoms with Crippen LogP contribution in [0.1, 0.15) is 28.6 Å². The van der Waals surface area contributed by atoms with E-state index in [-0.39, 0.29) is 5.82 Å². The molecule has 4 nitrogen and oxygen atoms in total. The lowest BCUT2D eigenvalue weighted by Crippen LogP contribution is -2.30. The Morgan fingerprint density at radius 2 is 2.00 bits per heavy atom. The van der Waals surface area contributed by atoms with E-state index in [1.54, 1.807) is 24.5 Å². The highest BCUT2D eigenvalue weighted by Crippen LogP contribution is 2.22. The number of benzene rings is 1. The zero-order chi connectivity index (χ0) is 13.1. The Morgan fingerprint density at radius 1 is 1.22 bits per heavy atom. The first-order chi connectivity index (χ1) is 8.61. The van der Waals surface area contributed by atoms with Crippen molar-refractivity contribution in [3.63, 3.8) is 0 Å². The summed E-state index contributed by atoms with van der Waals surface area (Å²) in [6.45, 7) is 3.74. The van der Waals surface area contributed by atoms with Crippen LogP contribution in [-0.4, -0.2) is 9.97 Å². The molecule has 0 radical (unpaired) electrons. The van der Waals surface area contributed by atoms with Crippen LogP contribution in [0, 0.1) is 19.7 Å². The highest BCUT2D eigenvalue weighted by molar-refractivity contribution is 5.31. The second-order valence-corrected chi connectivity index (χ2v) is 4.21. The van der Waals surface area contributed by atoms with E-state index in [0.29, 0.717) is 11.3 Å². The van der Waals surface area contributed by atoms with Crippen LogP contribution < -0.4 is 11.3 Å². The minimum absolute atomic E-state index is 0.314. The monoisotopic (exact) mass is 246 g/mol. The van der Waals surface area contributed by atoms with Gasteiger partial charge >= 0.3 is 0 Å². The molecule has 0 aliphatic rings. The molecule has 0 fully saturated rings. The highest BCUT2D eigenvalue weighted by Gasteiger charge is 2.18. The van der Waals surface area contributed by atoms with Crippen LogP contribution in [0.5, 0.6) is 0 Å². The quantitative estimate of drug-likeness (QED) is 0.640. The third kappa shape index (κ3) is 2.52. The third-order valence-corrected chi connectivity index (χ3v) is 2.73. The van der Waals surface area contributed by atoms with Crippen LogP contribution in [0.15, 0.2) is 30.6 Å². The van der Waals surface area contributed by atoms with Crippen LogP contribution in [0.4, 0.5) is 4.39 Å². The summed E-state index contributed by atoms with van der Waals surface area (Å²) in [5, 5.41) is 0. The Hall–Kier alpha value is -1.85. The second-order valence-electron chi connectivity index (χ2n) is 4.21. The van der Waals surface area contributed by atoms with Gasteiger partial charge in [-0.1, -0.05) is 17.7 Å². The van der Waals surface area contributed by atoms with E-state index in [1.807, 2.05) is 13.8 Å². The number of halogens is 1. The fourth-order valence-corrected chi connectivity index (χ4v) is 1.77. The average Bonchev–Trinajstić information content (AvgIpc) is 2.37. The normalized spacial score (nSPS) is 12.4. The van der Waals surface area contributed by atoms with Gasteiger partial charge in [0.15, 0.2) is 0 Å². The maximum Gasteiger partial charge on any atom is 0.128 e. The zero-order valence-electron chi connectivity index (χ0n) is 10.3. The molecule has 0 saturated heterocycles. The molecular formula is C13H15FN4. The number of rotatable bonds is 3. The number of hydrazine groups is 1. The first kappa shape index (κ1) is 12.6. The van der Waals surface area contributed by atoms with Gasteiger partial charge in [-0.05, 0) is 19.9 Å². The largest absolute Gasteiger partial charge is 0.271 e. The first-order valence-corrected chi connectivity index (χ1v) is 5.62. The van der Waals surface area contributed by atoms with Crippen LogP contribution >= 0.6 is 0 Å². The third-order valence-electron chi connectivity index (χ3n) is 2.73. The molecule has 2 rings (SSSR count). The van der Waals surface area contributed by atoms with Crippen LogP contribution in [0.2, 0.25) is 0 Å². The highest BCUT2D eigenvalue weighted by atomic mass is 19.1. The molecule has 5 heteroatoms. The molecule has 0 amide bonds. The van der Waals surface area contributed by atoms with Gasteiger partial charge in [0, 0.05) is 11.8 Å². The molecule has 1 aromatic carbocycles. The van der Waals surface area contributed by atoms with Gasteiger partial charge in [0.2, 0.25) is 0 Å². The number of aryl methyl sites for hydroxylation is 2. The van der Waals surface area contributed by atoms with Crippen molar-refractivity contribution in [2.45, 2.75) is 19.9 Å². The van der Waals surface area contributed by atoms with Gasteiger partial charge in [-0.25, -0.2) is 9.82 Å². The number of nitrogens with one attached hydrogen (secondary N) is 1. The summed E-state index contributed by atoms with van der Waals surface area (Å²) < 4.78 is 13.8. The van der Waals surface area contributed by atoms with Gasteiger partial charge in [0.1, 0.15) is 5.82 Å². The molecule has 2 aromatic rings. The Balaban J connectivity index is 2.44. The van der Waals surface area contributed by atoms with Gasteiger partial charge < -0.3 is 0 Å². The maximum absolute atomic E-state index is 13.8. The standard InChI is InChI=1S/C13H15FN4/c1-8-3-4-11(14)10(5-8)13(18-15)12-7-16-9(2)6-17-12/h3-7,13,18H,15H2,1-2H3. The lowest BCUT2D eigenvalue weighted by Gasteiger charge is -2.16. The Labute approximate surface area is 105 Å². The van der Waals surface area contributed by atoms with Crippen molar-refractivity contribution in [2.75, 3.05) is 0 Å². The number of nitrogens with zero attached hydrogens (tertiary/aromatic N) is 2. The lowest BCUT2D eigenvalue weighted by atomic mass is 10.0. The predicted octanol–water partition coefficient (Wildman–Crippen LogP) is 1.79. The summed E-state index contributed by atoms with van der Waals surface area (Å²) >= 11 is 0. The molecule has 0 saturated carbocycles. The van der Waals surface area contributed by atoms with Crippen LogP contribution in [0.25, 0.3) is 0 Å². The Bertz CT molecular complexity index is 539. The molecule has 0 bridgehead atoms. The van der Waals surface area contributed by atoms with Crippen molar-refractivity contribution >= 4 is 0 Å². The smallest absolute Gasteiger partial charge is 0.128 e. The second kappa shape index (κ2) is 5.20. The van der Waals surface area contributed by atoms with Gasteiger partial charge in [-0.15, -0.1) is 0 Å². The summed E-state index contributed by atoms with van der Waals surface area (Å²) in [6, 6.07) is 4.39. The van der Waals surface area contributed by atoms with E-state index in [2.05, 4.69) is 15.4 Å². The van der Waals surface area contributed by atoms with Crippen molar-refractivity contribution in [3.05, 3.63) is 58.9 Å². The lowest BCUT2D eigenvalue weighted by molar-refractivity contribution is 0.551. The fourth-order valence-electron chi connectivity index (χ4n) is 1.77. The Kier molecular flexibility index (Phi) is 3.64. The van der Waals surface area contributed by atoms with E-state index in [4.69, 9.17) is 5.84 Å². The minimum atomic E-state index is -0.502. The average molecular weight is 246 g/mol. The molecule has 18 heavy (non-hydrogen) atoms. The summed E-state index contributed by atoms with van der Waals surface area (Å²) in [6.07, 6.45) is 3.23. The van der Waals surface area contributed by atoms with E-state index >= 15 is 0 Å². The molecule has 0 spiro atoms. The SMILES string of the molecule is Cc1ccc(F)c(C(NN)c2cnc(C)cn2)c1. The van der Waals surface area contributed by atoms with Gasteiger partial charge in [0.25, 0.3) is 0 Å². The van der Waals surface area contributed by atoms with Crippen molar-refractivity contribution < 1.29 is 4.39 Å². The summed E-state index contributed by atoms with van der Waals surface area (Å²) in [5.74, 6) is 5.20. The number of aromatic nitrogens is 2. The molecule has 1 heterocycles. The van der Waals surface area contributed by atoms with Gasteiger partial charge in [-0.2, -0.15) is 0 Å². The molecule has 0 aliphatic heterocycles. The van der Waals surface area contributed by atoms with Crippen LogP contribution in [0.3, 0.4) is 0 Å². The number of hydrogen-bond acceptors (Lipinski definition) is 4. The number of nitrogens with two attached hydrogens (primary N) is 1. The number of hydrogen-bond donors (Lipinski definition) is 2. The molecular weight excluding hydrogens is 231 g/mol. The molecule has 1 unspecified atom stereocenters. The van der Waals surface area contributed by atoms with Crippen molar-refractivity contribution in [1.29, 1.82) is 0 Å². The van der Waals surface area contributed by atoms with E-state index in [0.717, 1.165) is 11.3 Å². The molecule has 94 valence electrons. The maximum atomic E-state index is 13.8. The van der Waals surface area contributed by atoms with Crippen LogP contribution in [-0.2, 0) is 0 Å². The van der Waals surface area contributed by atoms with Gasteiger partial charge in [0.05, 0.1) is 23.6 Å². The van der Waals surface area contributed by atoms with Gasteiger partial charge in [-0.3, -0.25) is 15.8 Å². The van der Waals surface area contributed by atoms with Crippen molar-refractivity contribution in [3.8, 4) is 0 Å². The van der Waals surface area contributed by atoms with Crippen molar-refractivity contribution in [2.24, 2.45) is 5.84 Å². The van der Waals surface area contributed by atoms with E-state index in [1.165, 1.54) is 6.07 Å². The molecule has 1 atom stereocenters. The molecule has 0 aliphatic carbocycles. The summed E-state index contributed by atoms with van der Waals surface area (Å²) in [4.78, 5) is 8.37. The van der Waals surface area contributed by atoms with E-state index in [9.17, 15) is 4.39 Å².